The van der Waals surface area contributed by atoms with Crippen molar-refractivity contribution in [1.29, 1.82) is 0 Å². The van der Waals surface area contributed by atoms with Crippen LogP contribution in [0.1, 0.15) is 37.7 Å². The Morgan fingerprint density at radius 3 is 2.71 bits per heavy atom. The molecule has 0 aromatic carbocycles. The fourth-order valence-corrected chi connectivity index (χ4v) is 4.37. The van der Waals surface area contributed by atoms with E-state index in [1.54, 1.807) is 6.26 Å². The Hall–Kier alpha value is -0.880. The average Bonchev–Trinajstić information content (AvgIpc) is 3.34. The van der Waals surface area contributed by atoms with Crippen molar-refractivity contribution in [2.75, 3.05) is 45.9 Å². The third kappa shape index (κ3) is 4.02. The van der Waals surface area contributed by atoms with Crippen LogP contribution in [0.25, 0.3) is 0 Å². The molecule has 5 heteroatoms. The van der Waals surface area contributed by atoms with E-state index in [9.17, 15) is 0 Å². The van der Waals surface area contributed by atoms with Crippen LogP contribution in [0.5, 0.6) is 0 Å². The average molecular weight is 334 g/mol. The van der Waals surface area contributed by atoms with Crippen molar-refractivity contribution in [2.24, 2.45) is 0 Å². The second kappa shape index (κ2) is 7.56. The summed E-state index contributed by atoms with van der Waals surface area (Å²) < 4.78 is 17.5. The van der Waals surface area contributed by atoms with Gasteiger partial charge in [-0.15, -0.1) is 0 Å². The van der Waals surface area contributed by atoms with Crippen molar-refractivity contribution < 1.29 is 13.9 Å². The van der Waals surface area contributed by atoms with Crippen LogP contribution in [0.3, 0.4) is 0 Å². The summed E-state index contributed by atoms with van der Waals surface area (Å²) in [6.07, 6.45) is 9.93. The van der Waals surface area contributed by atoms with Gasteiger partial charge in [-0.25, -0.2) is 0 Å². The van der Waals surface area contributed by atoms with Crippen LogP contribution in [0.2, 0.25) is 0 Å². The quantitative estimate of drug-likeness (QED) is 0.799. The van der Waals surface area contributed by atoms with Crippen molar-refractivity contribution in [3.05, 3.63) is 24.2 Å². The lowest BCUT2D eigenvalue weighted by atomic mass is 9.88. The molecule has 134 valence electrons. The van der Waals surface area contributed by atoms with Crippen LogP contribution in [0, 0.1) is 0 Å². The minimum Gasteiger partial charge on any atom is -0.472 e. The van der Waals surface area contributed by atoms with E-state index in [4.69, 9.17) is 13.9 Å². The third-order valence-electron chi connectivity index (χ3n) is 5.89. The van der Waals surface area contributed by atoms with Gasteiger partial charge in [-0.05, 0) is 44.8 Å². The first-order valence-electron chi connectivity index (χ1n) is 9.53. The van der Waals surface area contributed by atoms with Crippen molar-refractivity contribution in [3.8, 4) is 0 Å². The Kier molecular flexibility index (Phi) is 5.22. The minimum absolute atomic E-state index is 0.0746. The lowest BCUT2D eigenvalue weighted by molar-refractivity contribution is -0.0467. The first-order valence-corrected chi connectivity index (χ1v) is 9.53. The molecule has 0 bridgehead atoms. The highest BCUT2D eigenvalue weighted by atomic mass is 16.6. The Morgan fingerprint density at radius 2 is 1.96 bits per heavy atom. The fourth-order valence-electron chi connectivity index (χ4n) is 4.37. The summed E-state index contributed by atoms with van der Waals surface area (Å²) in [4.78, 5) is 5.01. The summed E-state index contributed by atoms with van der Waals surface area (Å²) in [5.41, 5.74) is 1.34. The van der Waals surface area contributed by atoms with Crippen LogP contribution in [0.15, 0.2) is 23.0 Å². The van der Waals surface area contributed by atoms with E-state index in [0.29, 0.717) is 6.10 Å². The number of hydrogen-bond donors (Lipinski definition) is 0. The molecule has 0 amide bonds. The summed E-state index contributed by atoms with van der Waals surface area (Å²) in [6.45, 7) is 8.42. The molecular weight excluding hydrogens is 304 g/mol. The fraction of sp³-hybridized carbons (Fsp3) is 0.789. The van der Waals surface area contributed by atoms with Crippen molar-refractivity contribution >= 4 is 0 Å². The van der Waals surface area contributed by atoms with Crippen molar-refractivity contribution in [2.45, 2.75) is 50.4 Å². The smallest absolute Gasteiger partial charge is 0.0947 e. The Bertz CT molecular complexity index is 491. The second-order valence-electron chi connectivity index (χ2n) is 7.65. The maximum absolute atomic E-state index is 6.22. The molecule has 4 rings (SSSR count). The molecule has 0 radical (unpaired) electrons. The van der Waals surface area contributed by atoms with Gasteiger partial charge in [0.05, 0.1) is 37.4 Å². The molecule has 3 aliphatic heterocycles. The minimum atomic E-state index is 0.0746. The summed E-state index contributed by atoms with van der Waals surface area (Å²) in [5, 5.41) is 0. The molecule has 3 fully saturated rings. The number of likely N-dealkylation sites (tertiary alicyclic amines) is 2. The van der Waals surface area contributed by atoms with Gasteiger partial charge in [-0.3, -0.25) is 4.90 Å². The standard InChI is InChI=1S/C19H30N2O3/c1-2-7-20(6-1)10-12-23-18-13-19(24-16-18)4-8-21(9-5-19)14-17-3-11-22-15-17/h3,11,15,18H,1-2,4-10,12-14,16H2. The summed E-state index contributed by atoms with van der Waals surface area (Å²) >= 11 is 0. The van der Waals surface area contributed by atoms with E-state index in [-0.39, 0.29) is 5.60 Å². The van der Waals surface area contributed by atoms with E-state index >= 15 is 0 Å². The van der Waals surface area contributed by atoms with Crippen LogP contribution in [-0.4, -0.2) is 67.4 Å². The maximum Gasteiger partial charge on any atom is 0.0947 e. The molecule has 1 atom stereocenters. The zero-order chi connectivity index (χ0) is 16.2. The van der Waals surface area contributed by atoms with Gasteiger partial charge in [0.15, 0.2) is 0 Å². The Balaban J connectivity index is 1.17. The largest absolute Gasteiger partial charge is 0.472 e. The predicted octanol–water partition coefficient (Wildman–Crippen LogP) is 2.52. The molecule has 1 aromatic rings. The first-order chi connectivity index (χ1) is 11.8. The monoisotopic (exact) mass is 334 g/mol. The molecule has 0 saturated carbocycles. The molecule has 3 aliphatic rings. The summed E-state index contributed by atoms with van der Waals surface area (Å²) in [6, 6.07) is 2.06. The van der Waals surface area contributed by atoms with Gasteiger partial charge in [0, 0.05) is 38.2 Å². The van der Waals surface area contributed by atoms with Gasteiger partial charge in [0.2, 0.25) is 0 Å². The Labute approximate surface area is 144 Å². The van der Waals surface area contributed by atoms with E-state index < -0.39 is 0 Å². The molecule has 0 aliphatic carbocycles. The van der Waals surface area contributed by atoms with Crippen molar-refractivity contribution in [1.82, 2.24) is 9.80 Å². The third-order valence-corrected chi connectivity index (χ3v) is 5.89. The molecule has 1 aromatic heterocycles. The summed E-state index contributed by atoms with van der Waals surface area (Å²) in [7, 11) is 0. The van der Waals surface area contributed by atoms with E-state index in [1.807, 2.05) is 6.26 Å². The number of ether oxygens (including phenoxy) is 2. The molecule has 4 heterocycles. The topological polar surface area (TPSA) is 38.1 Å². The molecule has 3 saturated heterocycles. The Morgan fingerprint density at radius 1 is 1.12 bits per heavy atom. The van der Waals surface area contributed by atoms with Crippen molar-refractivity contribution in [3.63, 3.8) is 0 Å². The molecule has 24 heavy (non-hydrogen) atoms. The SMILES string of the molecule is c1cc(CN2CCC3(CC2)CC(OCCN2CCCC2)CO3)co1. The highest BCUT2D eigenvalue weighted by Crippen LogP contribution is 2.37. The van der Waals surface area contributed by atoms with E-state index in [2.05, 4.69) is 15.9 Å². The molecule has 5 nitrogen and oxygen atoms in total. The molecule has 1 spiro atoms. The normalized spacial score (nSPS) is 28.1. The predicted molar refractivity (Wildman–Crippen MR) is 91.9 cm³/mol. The van der Waals surface area contributed by atoms with Gasteiger partial charge < -0.3 is 18.8 Å². The summed E-state index contributed by atoms with van der Waals surface area (Å²) in [5.74, 6) is 0. The highest BCUT2D eigenvalue weighted by molar-refractivity contribution is 5.05. The number of furan rings is 1. The molecular formula is C19H30N2O3. The first kappa shape index (κ1) is 16.6. The van der Waals surface area contributed by atoms with Gasteiger partial charge in [-0.2, -0.15) is 0 Å². The van der Waals surface area contributed by atoms with Crippen LogP contribution < -0.4 is 0 Å². The number of rotatable bonds is 6. The maximum atomic E-state index is 6.22. The lowest BCUT2D eigenvalue weighted by Gasteiger charge is -2.38. The zero-order valence-corrected chi connectivity index (χ0v) is 14.6. The van der Waals surface area contributed by atoms with Crippen LogP contribution in [-0.2, 0) is 16.0 Å². The van der Waals surface area contributed by atoms with E-state index in [0.717, 1.165) is 58.7 Å². The van der Waals surface area contributed by atoms with Crippen LogP contribution >= 0.6 is 0 Å². The van der Waals surface area contributed by atoms with Crippen LogP contribution in [0.4, 0.5) is 0 Å². The van der Waals surface area contributed by atoms with Gasteiger partial charge in [0.25, 0.3) is 0 Å². The lowest BCUT2D eigenvalue weighted by Crippen LogP contribution is -2.43. The second-order valence-corrected chi connectivity index (χ2v) is 7.65. The van der Waals surface area contributed by atoms with E-state index in [1.165, 1.54) is 31.5 Å². The highest BCUT2D eigenvalue weighted by Gasteiger charge is 2.43. The number of hydrogen-bond acceptors (Lipinski definition) is 5. The molecule has 0 N–H and O–H groups in total. The van der Waals surface area contributed by atoms with Gasteiger partial charge >= 0.3 is 0 Å². The zero-order valence-electron chi connectivity index (χ0n) is 14.6. The van der Waals surface area contributed by atoms with Gasteiger partial charge in [-0.1, -0.05) is 0 Å². The molecule has 1 unspecified atom stereocenters. The number of nitrogens with zero attached hydrogens (tertiary/aromatic N) is 2. The number of piperidine rings is 1. The van der Waals surface area contributed by atoms with Gasteiger partial charge in [0.1, 0.15) is 0 Å².